The number of halogens is 3. The number of hydrogen-bond donors (Lipinski definition) is 1. The molecule has 0 saturated carbocycles. The Morgan fingerprint density at radius 3 is 2.59 bits per heavy atom. The highest BCUT2D eigenvalue weighted by Gasteiger charge is 2.34. The second kappa shape index (κ2) is 8.64. The van der Waals surface area contributed by atoms with Gasteiger partial charge in [-0.25, -0.2) is 4.98 Å². The van der Waals surface area contributed by atoms with Crippen LogP contribution in [0, 0.1) is 0 Å². The van der Waals surface area contributed by atoms with Crippen molar-refractivity contribution in [2.75, 3.05) is 13.2 Å². The molecule has 0 radical (unpaired) electrons. The SMILES string of the molecule is Cn1cc(-c2ccc3[nH]c(C4CCOCC4)nc3c2Oc2ccccc2C(F)(F)F)ccc1=O. The molecule has 1 saturated heterocycles. The summed E-state index contributed by atoms with van der Waals surface area (Å²) in [6.45, 7) is 1.26. The predicted octanol–water partition coefficient (Wildman–Crippen LogP) is 5.63. The molecule has 9 heteroatoms. The van der Waals surface area contributed by atoms with Gasteiger partial charge in [0.1, 0.15) is 17.1 Å². The molecule has 176 valence electrons. The number of aromatic nitrogens is 3. The molecular weight excluding hydrogens is 447 g/mol. The minimum atomic E-state index is -4.58. The fourth-order valence-corrected chi connectivity index (χ4v) is 4.22. The molecule has 0 bridgehead atoms. The maximum atomic E-state index is 13.7. The molecule has 0 spiro atoms. The zero-order valence-corrected chi connectivity index (χ0v) is 18.4. The molecule has 5 rings (SSSR count). The number of benzene rings is 2. The molecule has 4 aromatic rings. The van der Waals surface area contributed by atoms with Crippen molar-refractivity contribution >= 4 is 11.0 Å². The fourth-order valence-electron chi connectivity index (χ4n) is 4.22. The highest BCUT2D eigenvalue weighted by Crippen LogP contribution is 2.43. The van der Waals surface area contributed by atoms with E-state index < -0.39 is 11.7 Å². The number of rotatable bonds is 4. The second-order valence-electron chi connectivity index (χ2n) is 8.31. The lowest BCUT2D eigenvalue weighted by Gasteiger charge is -2.19. The zero-order valence-electron chi connectivity index (χ0n) is 18.4. The van der Waals surface area contributed by atoms with Gasteiger partial charge >= 0.3 is 6.18 Å². The normalized spacial score (nSPS) is 15.1. The van der Waals surface area contributed by atoms with E-state index in [-0.39, 0.29) is 23.0 Å². The third kappa shape index (κ3) is 4.19. The topological polar surface area (TPSA) is 69.1 Å². The number of aromatic amines is 1. The lowest BCUT2D eigenvalue weighted by atomic mass is 10.00. The second-order valence-corrected chi connectivity index (χ2v) is 8.31. The first-order valence-corrected chi connectivity index (χ1v) is 10.9. The van der Waals surface area contributed by atoms with Crippen molar-refractivity contribution in [1.29, 1.82) is 0 Å². The number of hydrogen-bond acceptors (Lipinski definition) is 4. The van der Waals surface area contributed by atoms with Crippen LogP contribution in [0.4, 0.5) is 13.2 Å². The number of pyridine rings is 1. The highest BCUT2D eigenvalue weighted by atomic mass is 19.4. The minimum Gasteiger partial charge on any atom is -0.454 e. The molecule has 1 N–H and O–H groups in total. The minimum absolute atomic E-state index is 0.164. The third-order valence-corrected chi connectivity index (χ3v) is 6.04. The van der Waals surface area contributed by atoms with E-state index in [1.54, 1.807) is 25.4 Å². The van der Waals surface area contributed by atoms with Gasteiger partial charge in [0, 0.05) is 49.6 Å². The average molecular weight is 469 g/mol. The van der Waals surface area contributed by atoms with Crippen molar-refractivity contribution < 1.29 is 22.6 Å². The van der Waals surface area contributed by atoms with E-state index in [1.807, 2.05) is 6.07 Å². The van der Waals surface area contributed by atoms with Crippen molar-refractivity contribution in [2.45, 2.75) is 24.9 Å². The Labute approximate surface area is 193 Å². The van der Waals surface area contributed by atoms with Crippen molar-refractivity contribution in [3.05, 3.63) is 76.5 Å². The quantitative estimate of drug-likeness (QED) is 0.420. The van der Waals surface area contributed by atoms with E-state index in [9.17, 15) is 18.0 Å². The summed E-state index contributed by atoms with van der Waals surface area (Å²) in [5.41, 5.74) is 1.18. The lowest BCUT2D eigenvalue weighted by molar-refractivity contribution is -0.138. The molecular formula is C25H22F3N3O3. The van der Waals surface area contributed by atoms with E-state index in [4.69, 9.17) is 14.5 Å². The Balaban J connectivity index is 1.70. The number of fused-ring (bicyclic) bond motifs is 1. The van der Waals surface area contributed by atoms with Crippen LogP contribution in [0.2, 0.25) is 0 Å². The third-order valence-electron chi connectivity index (χ3n) is 6.04. The summed E-state index contributed by atoms with van der Waals surface area (Å²) in [5.74, 6) is 0.800. The van der Waals surface area contributed by atoms with E-state index in [2.05, 4.69) is 4.98 Å². The molecule has 0 unspecified atom stereocenters. The van der Waals surface area contributed by atoms with E-state index in [1.165, 1.54) is 28.8 Å². The monoisotopic (exact) mass is 469 g/mol. The predicted molar refractivity (Wildman–Crippen MR) is 121 cm³/mol. The molecule has 1 aliphatic heterocycles. The Kier molecular flexibility index (Phi) is 5.65. The van der Waals surface area contributed by atoms with Gasteiger partial charge in [0.05, 0.1) is 11.1 Å². The van der Waals surface area contributed by atoms with Gasteiger partial charge in [0.2, 0.25) is 5.56 Å². The van der Waals surface area contributed by atoms with E-state index in [0.29, 0.717) is 35.4 Å². The van der Waals surface area contributed by atoms with Crippen LogP contribution in [0.5, 0.6) is 11.5 Å². The van der Waals surface area contributed by atoms with Gasteiger partial charge in [-0.3, -0.25) is 4.79 Å². The fraction of sp³-hybridized carbons (Fsp3) is 0.280. The van der Waals surface area contributed by atoms with E-state index in [0.717, 1.165) is 24.7 Å². The van der Waals surface area contributed by atoms with Crippen molar-refractivity contribution in [2.24, 2.45) is 7.05 Å². The van der Waals surface area contributed by atoms with Crippen molar-refractivity contribution in [3.8, 4) is 22.6 Å². The summed E-state index contributed by atoms with van der Waals surface area (Å²) in [5, 5.41) is 0. The van der Waals surface area contributed by atoms with Gasteiger partial charge in [-0.1, -0.05) is 12.1 Å². The summed E-state index contributed by atoms with van der Waals surface area (Å²) < 4.78 is 53.9. The molecule has 1 fully saturated rings. The van der Waals surface area contributed by atoms with Crippen LogP contribution in [0.15, 0.2) is 59.5 Å². The number of nitrogens with one attached hydrogen (secondary N) is 1. The maximum absolute atomic E-state index is 13.7. The largest absolute Gasteiger partial charge is 0.454 e. The van der Waals surface area contributed by atoms with Crippen molar-refractivity contribution in [3.63, 3.8) is 0 Å². The highest BCUT2D eigenvalue weighted by molar-refractivity contribution is 5.91. The number of para-hydroxylation sites is 1. The number of aryl methyl sites for hydroxylation is 1. The van der Waals surface area contributed by atoms with Crippen LogP contribution in [0.1, 0.15) is 30.1 Å². The first-order valence-electron chi connectivity index (χ1n) is 10.9. The molecule has 2 aromatic heterocycles. The summed E-state index contributed by atoms with van der Waals surface area (Å²) >= 11 is 0. The van der Waals surface area contributed by atoms with Crippen LogP contribution in [0.3, 0.4) is 0 Å². The van der Waals surface area contributed by atoms with Gasteiger partial charge in [0.25, 0.3) is 0 Å². The number of alkyl halides is 3. The number of imidazole rings is 1. The Morgan fingerprint density at radius 2 is 1.85 bits per heavy atom. The Bertz CT molecular complexity index is 1400. The van der Waals surface area contributed by atoms with Gasteiger partial charge < -0.3 is 19.0 Å². The van der Waals surface area contributed by atoms with Crippen LogP contribution < -0.4 is 10.3 Å². The summed E-state index contributed by atoms with van der Waals surface area (Å²) in [6, 6.07) is 11.7. The van der Waals surface area contributed by atoms with Crippen LogP contribution in [-0.2, 0) is 18.0 Å². The molecule has 0 aliphatic carbocycles. The summed E-state index contributed by atoms with van der Waals surface area (Å²) in [6.07, 6.45) is -1.35. The van der Waals surface area contributed by atoms with E-state index >= 15 is 0 Å². The van der Waals surface area contributed by atoms with Crippen LogP contribution in [0.25, 0.3) is 22.2 Å². The maximum Gasteiger partial charge on any atom is 0.419 e. The molecule has 6 nitrogen and oxygen atoms in total. The molecule has 0 amide bonds. The number of ether oxygens (including phenoxy) is 2. The number of H-pyrrole nitrogens is 1. The summed E-state index contributed by atoms with van der Waals surface area (Å²) in [4.78, 5) is 20.0. The van der Waals surface area contributed by atoms with Gasteiger partial charge in [-0.05, 0) is 43.2 Å². The number of nitrogens with zero attached hydrogens (tertiary/aromatic N) is 2. The van der Waals surface area contributed by atoms with Crippen LogP contribution >= 0.6 is 0 Å². The smallest absolute Gasteiger partial charge is 0.419 e. The Hall–Kier alpha value is -3.59. The summed E-state index contributed by atoms with van der Waals surface area (Å²) in [7, 11) is 1.61. The standard InChI is InChI=1S/C25H22F3N3O3/c1-31-14-16(6-9-21(31)32)17-7-8-19-22(30-24(29-19)15-10-12-33-13-11-15)23(17)34-20-5-3-2-4-18(20)25(26,27)28/h2-9,14-15H,10-13H2,1H3,(H,29,30). The van der Waals surface area contributed by atoms with Gasteiger partial charge in [-0.2, -0.15) is 13.2 Å². The zero-order chi connectivity index (χ0) is 23.9. The van der Waals surface area contributed by atoms with Gasteiger partial charge in [0.15, 0.2) is 5.75 Å². The first kappa shape index (κ1) is 22.2. The molecule has 2 aromatic carbocycles. The Morgan fingerprint density at radius 1 is 1.09 bits per heavy atom. The first-order chi connectivity index (χ1) is 16.3. The van der Waals surface area contributed by atoms with Crippen molar-refractivity contribution in [1.82, 2.24) is 14.5 Å². The van der Waals surface area contributed by atoms with Crippen LogP contribution in [-0.4, -0.2) is 27.7 Å². The molecule has 0 atom stereocenters. The molecule has 3 heterocycles. The van der Waals surface area contributed by atoms with Gasteiger partial charge in [-0.15, -0.1) is 0 Å². The lowest BCUT2D eigenvalue weighted by Crippen LogP contribution is -2.15. The molecule has 34 heavy (non-hydrogen) atoms. The average Bonchev–Trinajstić information content (AvgIpc) is 3.26. The molecule has 1 aliphatic rings.